The zero-order valence-corrected chi connectivity index (χ0v) is 21.1. The number of benzene rings is 3. The molecule has 0 bridgehead atoms. The van der Waals surface area contributed by atoms with Gasteiger partial charge < -0.3 is 19.1 Å². The number of esters is 1. The molecule has 0 fully saturated rings. The molecular formula is C27H28BrNO5. The van der Waals surface area contributed by atoms with E-state index in [1.165, 1.54) is 14.2 Å². The third kappa shape index (κ3) is 7.09. The van der Waals surface area contributed by atoms with Gasteiger partial charge in [0.25, 0.3) is 0 Å². The summed E-state index contributed by atoms with van der Waals surface area (Å²) in [5, 5.41) is 0. The summed E-state index contributed by atoms with van der Waals surface area (Å²) in [6.07, 6.45) is 0.443. The fourth-order valence-electron chi connectivity index (χ4n) is 3.62. The first-order valence-corrected chi connectivity index (χ1v) is 11.7. The fourth-order valence-corrected chi connectivity index (χ4v) is 4.03. The molecule has 3 rings (SSSR count). The van der Waals surface area contributed by atoms with E-state index in [1.807, 2.05) is 73.7 Å². The summed E-state index contributed by atoms with van der Waals surface area (Å²) in [5.41, 5.74) is 2.74. The largest absolute Gasteiger partial charge is 0.469 e. The van der Waals surface area contributed by atoms with E-state index >= 15 is 0 Å². The molecule has 0 N–H and O–H groups in total. The minimum Gasteiger partial charge on any atom is -0.469 e. The van der Waals surface area contributed by atoms with Crippen LogP contribution in [0.2, 0.25) is 0 Å². The molecule has 1 unspecified atom stereocenters. The molecule has 0 heterocycles. The molecule has 34 heavy (non-hydrogen) atoms. The second-order valence-corrected chi connectivity index (χ2v) is 8.81. The number of carbonyl (C=O) groups excluding carboxylic acids is 2. The zero-order chi connectivity index (χ0) is 24.5. The van der Waals surface area contributed by atoms with Gasteiger partial charge in [0.15, 0.2) is 0 Å². The Morgan fingerprint density at radius 2 is 1.65 bits per heavy atom. The number of hydrogen-bond acceptors (Lipinski definition) is 5. The number of ether oxygens (including phenoxy) is 3. The minimum absolute atomic E-state index is 0.106. The van der Waals surface area contributed by atoms with Crippen LogP contribution in [-0.4, -0.2) is 37.2 Å². The molecule has 0 aliphatic rings. The third-order valence-corrected chi connectivity index (χ3v) is 5.87. The molecular weight excluding hydrogens is 498 g/mol. The topological polar surface area (TPSA) is 65.1 Å². The summed E-state index contributed by atoms with van der Waals surface area (Å²) >= 11 is 3.52. The molecule has 0 saturated carbocycles. The minimum atomic E-state index is -0.408. The Labute approximate surface area is 208 Å². The van der Waals surface area contributed by atoms with Crippen molar-refractivity contribution < 1.29 is 23.8 Å². The van der Waals surface area contributed by atoms with Crippen LogP contribution in [0.3, 0.4) is 0 Å². The van der Waals surface area contributed by atoms with Crippen molar-refractivity contribution in [2.45, 2.75) is 32.4 Å². The van der Waals surface area contributed by atoms with Crippen molar-refractivity contribution in [3.05, 3.63) is 94.0 Å². The standard InChI is InChI=1S/C27H28BrNO5/c1-19(14-20-8-5-4-6-9-20)29(27(31)33-3)18-22-17-23(28)12-13-25(22)34-24-11-7-10-21(15-24)16-26(30)32-2/h4-13,15,17,19H,14,16,18H2,1-3H3. The van der Waals surface area contributed by atoms with Gasteiger partial charge in [-0.05, 0) is 54.8 Å². The number of hydrogen-bond donors (Lipinski definition) is 0. The SMILES string of the molecule is COC(=O)Cc1cccc(Oc2ccc(Br)cc2CN(C(=O)OC)C(C)Cc2ccccc2)c1. The number of nitrogens with zero attached hydrogens (tertiary/aromatic N) is 1. The monoisotopic (exact) mass is 525 g/mol. The van der Waals surface area contributed by atoms with Crippen molar-refractivity contribution in [3.63, 3.8) is 0 Å². The average Bonchev–Trinajstić information content (AvgIpc) is 2.84. The predicted molar refractivity (Wildman–Crippen MR) is 134 cm³/mol. The molecule has 3 aromatic carbocycles. The van der Waals surface area contributed by atoms with Crippen molar-refractivity contribution in [2.24, 2.45) is 0 Å². The lowest BCUT2D eigenvalue weighted by Gasteiger charge is -2.29. The Hall–Kier alpha value is -3.32. The first-order chi connectivity index (χ1) is 16.4. The molecule has 1 amide bonds. The van der Waals surface area contributed by atoms with E-state index in [4.69, 9.17) is 14.2 Å². The molecule has 3 aromatic rings. The lowest BCUT2D eigenvalue weighted by molar-refractivity contribution is -0.139. The maximum atomic E-state index is 12.7. The van der Waals surface area contributed by atoms with E-state index in [0.717, 1.165) is 21.2 Å². The van der Waals surface area contributed by atoms with Crippen molar-refractivity contribution in [2.75, 3.05) is 14.2 Å². The summed E-state index contributed by atoms with van der Waals surface area (Å²) < 4.78 is 16.9. The maximum Gasteiger partial charge on any atom is 0.410 e. The van der Waals surface area contributed by atoms with Crippen molar-refractivity contribution in [3.8, 4) is 11.5 Å². The highest BCUT2D eigenvalue weighted by Gasteiger charge is 2.23. The lowest BCUT2D eigenvalue weighted by atomic mass is 10.1. The lowest BCUT2D eigenvalue weighted by Crippen LogP contribution is -2.39. The molecule has 178 valence electrons. The summed E-state index contributed by atoms with van der Waals surface area (Å²) in [6, 6.07) is 22.9. The summed E-state index contributed by atoms with van der Waals surface area (Å²) in [7, 11) is 2.75. The van der Waals surface area contributed by atoms with Crippen LogP contribution in [0.1, 0.15) is 23.6 Å². The zero-order valence-electron chi connectivity index (χ0n) is 19.5. The van der Waals surface area contributed by atoms with Gasteiger partial charge in [-0.3, -0.25) is 4.79 Å². The molecule has 7 heteroatoms. The van der Waals surface area contributed by atoms with E-state index in [1.54, 1.807) is 11.0 Å². The van der Waals surface area contributed by atoms with Crippen LogP contribution in [0.5, 0.6) is 11.5 Å². The molecule has 0 aliphatic carbocycles. The molecule has 0 spiro atoms. The third-order valence-electron chi connectivity index (χ3n) is 5.38. The van der Waals surface area contributed by atoms with Crippen LogP contribution >= 0.6 is 15.9 Å². The molecule has 0 aliphatic heterocycles. The van der Waals surface area contributed by atoms with E-state index in [0.29, 0.717) is 24.5 Å². The van der Waals surface area contributed by atoms with Gasteiger partial charge in [0.2, 0.25) is 0 Å². The first kappa shape index (κ1) is 25.3. The van der Waals surface area contributed by atoms with Crippen LogP contribution in [0, 0.1) is 0 Å². The van der Waals surface area contributed by atoms with E-state index in [9.17, 15) is 9.59 Å². The Bertz CT molecular complexity index is 1120. The van der Waals surface area contributed by atoms with Gasteiger partial charge in [0, 0.05) is 16.1 Å². The second-order valence-electron chi connectivity index (χ2n) is 7.89. The maximum absolute atomic E-state index is 12.7. The predicted octanol–water partition coefficient (Wildman–Crippen LogP) is 6.16. The smallest absolute Gasteiger partial charge is 0.410 e. The van der Waals surface area contributed by atoms with Gasteiger partial charge in [-0.1, -0.05) is 58.4 Å². The molecule has 6 nitrogen and oxygen atoms in total. The van der Waals surface area contributed by atoms with Gasteiger partial charge in [-0.2, -0.15) is 0 Å². The van der Waals surface area contributed by atoms with Crippen LogP contribution in [0.4, 0.5) is 4.79 Å². The van der Waals surface area contributed by atoms with Crippen LogP contribution in [0.25, 0.3) is 0 Å². The number of methoxy groups -OCH3 is 2. The van der Waals surface area contributed by atoms with E-state index < -0.39 is 6.09 Å². The van der Waals surface area contributed by atoms with Gasteiger partial charge in [-0.15, -0.1) is 0 Å². The first-order valence-electron chi connectivity index (χ1n) is 10.9. The summed E-state index contributed by atoms with van der Waals surface area (Å²) in [5.74, 6) is 0.883. The van der Waals surface area contributed by atoms with Gasteiger partial charge in [0.05, 0.1) is 27.2 Å². The number of rotatable bonds is 9. The van der Waals surface area contributed by atoms with Gasteiger partial charge in [0.1, 0.15) is 11.5 Å². The number of amides is 1. The highest BCUT2D eigenvalue weighted by atomic mass is 79.9. The molecule has 0 aromatic heterocycles. The van der Waals surface area contributed by atoms with E-state index in [2.05, 4.69) is 15.9 Å². The molecule has 0 saturated heterocycles. The number of carbonyl (C=O) groups is 2. The van der Waals surface area contributed by atoms with Crippen LogP contribution in [-0.2, 0) is 33.7 Å². The fraction of sp³-hybridized carbons (Fsp3) is 0.259. The number of halogens is 1. The highest BCUT2D eigenvalue weighted by molar-refractivity contribution is 9.10. The highest BCUT2D eigenvalue weighted by Crippen LogP contribution is 2.30. The Kier molecular flexibility index (Phi) is 9.10. The van der Waals surface area contributed by atoms with E-state index in [-0.39, 0.29) is 18.4 Å². The summed E-state index contributed by atoms with van der Waals surface area (Å²) in [4.78, 5) is 26.0. The van der Waals surface area contributed by atoms with Gasteiger partial charge >= 0.3 is 12.1 Å². The van der Waals surface area contributed by atoms with Crippen molar-refractivity contribution in [1.82, 2.24) is 4.90 Å². The Balaban J connectivity index is 1.84. The average molecular weight is 526 g/mol. The molecule has 0 radical (unpaired) electrons. The van der Waals surface area contributed by atoms with Crippen molar-refractivity contribution in [1.29, 1.82) is 0 Å². The Morgan fingerprint density at radius 3 is 2.35 bits per heavy atom. The second kappa shape index (κ2) is 12.2. The van der Waals surface area contributed by atoms with Crippen LogP contribution < -0.4 is 4.74 Å². The normalized spacial score (nSPS) is 11.4. The quantitative estimate of drug-likeness (QED) is 0.313. The van der Waals surface area contributed by atoms with Crippen molar-refractivity contribution >= 4 is 28.0 Å². The van der Waals surface area contributed by atoms with Gasteiger partial charge in [-0.25, -0.2) is 4.79 Å². The van der Waals surface area contributed by atoms with Crippen LogP contribution in [0.15, 0.2) is 77.3 Å². The Morgan fingerprint density at radius 1 is 0.912 bits per heavy atom. The molecule has 1 atom stereocenters. The summed E-state index contributed by atoms with van der Waals surface area (Å²) in [6.45, 7) is 2.30.